The Hall–Kier alpha value is -4.67. The molecule has 0 radical (unpaired) electrons. The van der Waals surface area contributed by atoms with Gasteiger partial charge in [0.1, 0.15) is 11.0 Å². The zero-order chi connectivity index (χ0) is 24.8. The first-order chi connectivity index (χ1) is 18.2. The lowest BCUT2D eigenvalue weighted by Gasteiger charge is -2.08. The van der Waals surface area contributed by atoms with Crippen molar-refractivity contribution in [1.29, 1.82) is 0 Å². The lowest BCUT2D eigenvalue weighted by atomic mass is 9.98. The van der Waals surface area contributed by atoms with E-state index < -0.39 is 0 Å². The summed E-state index contributed by atoms with van der Waals surface area (Å²) >= 11 is 6.58. The van der Waals surface area contributed by atoms with Gasteiger partial charge in [0.2, 0.25) is 11.8 Å². The second-order valence-corrected chi connectivity index (χ2v) is 9.30. The normalized spacial score (nSPS) is 11.4. The molecule has 0 amide bonds. The molecular formula is C32H19ClN2O2. The molecule has 0 N–H and O–H groups in total. The van der Waals surface area contributed by atoms with E-state index in [1.54, 1.807) is 0 Å². The van der Waals surface area contributed by atoms with Gasteiger partial charge in [-0.25, -0.2) is 9.97 Å². The first kappa shape index (κ1) is 21.6. The average molecular weight is 499 g/mol. The number of benzene rings is 5. The van der Waals surface area contributed by atoms with Crippen molar-refractivity contribution in [3.8, 4) is 45.2 Å². The molecule has 0 aliphatic rings. The Labute approximate surface area is 217 Å². The Morgan fingerprint density at radius 1 is 0.432 bits per heavy atom. The molecule has 5 heteroatoms. The summed E-state index contributed by atoms with van der Waals surface area (Å²) in [5.41, 5.74) is 8.97. The molecule has 0 unspecified atom stereocenters. The highest BCUT2D eigenvalue weighted by Crippen LogP contribution is 2.35. The minimum atomic E-state index is 0.606. The van der Waals surface area contributed by atoms with Crippen LogP contribution in [0.3, 0.4) is 0 Å². The van der Waals surface area contributed by atoms with E-state index in [1.165, 1.54) is 0 Å². The van der Waals surface area contributed by atoms with Gasteiger partial charge < -0.3 is 8.83 Å². The van der Waals surface area contributed by atoms with E-state index in [2.05, 4.69) is 16.0 Å². The second-order valence-electron chi connectivity index (χ2n) is 8.86. The Morgan fingerprint density at radius 3 is 1.35 bits per heavy atom. The van der Waals surface area contributed by atoms with Gasteiger partial charge in [-0.1, -0.05) is 60.1 Å². The molecule has 7 rings (SSSR count). The van der Waals surface area contributed by atoms with Gasteiger partial charge in [0.05, 0.1) is 0 Å². The molecule has 0 saturated heterocycles. The fraction of sp³-hybridized carbons (Fsp3) is 0. The van der Waals surface area contributed by atoms with Crippen LogP contribution in [0, 0.1) is 0 Å². The van der Waals surface area contributed by atoms with Crippen molar-refractivity contribution >= 4 is 33.8 Å². The molecule has 2 aromatic heterocycles. The van der Waals surface area contributed by atoms with Crippen molar-refractivity contribution < 1.29 is 8.83 Å². The Balaban J connectivity index is 1.26. The van der Waals surface area contributed by atoms with Crippen LogP contribution in [0.2, 0.25) is 5.02 Å². The van der Waals surface area contributed by atoms with Gasteiger partial charge in [-0.15, -0.1) is 0 Å². The van der Waals surface area contributed by atoms with Gasteiger partial charge in [-0.3, -0.25) is 0 Å². The van der Waals surface area contributed by atoms with Crippen LogP contribution in [0.25, 0.3) is 67.4 Å². The van der Waals surface area contributed by atoms with Crippen LogP contribution < -0.4 is 0 Å². The average Bonchev–Trinajstić information content (AvgIpc) is 3.57. The molecule has 7 aromatic rings. The van der Waals surface area contributed by atoms with Gasteiger partial charge in [-0.2, -0.15) is 0 Å². The quantitative estimate of drug-likeness (QED) is 0.242. The summed E-state index contributed by atoms with van der Waals surface area (Å²) in [4.78, 5) is 9.29. The molecule has 0 bridgehead atoms. The molecule has 0 atom stereocenters. The molecule has 37 heavy (non-hydrogen) atoms. The van der Waals surface area contributed by atoms with E-state index in [1.807, 2.05) is 109 Å². The number of hydrogen-bond acceptors (Lipinski definition) is 4. The third kappa shape index (κ3) is 4.07. The number of hydrogen-bond donors (Lipinski definition) is 0. The summed E-state index contributed by atoms with van der Waals surface area (Å²) < 4.78 is 12.2. The van der Waals surface area contributed by atoms with Crippen LogP contribution in [-0.2, 0) is 0 Å². The molecule has 0 aliphatic heterocycles. The molecule has 5 aromatic carbocycles. The SMILES string of the molecule is Clc1cc(-c2ccc3nc(-c4ccccc4)oc3c2)cc(-c2ccc3nc(-c4ccccc4)oc3c2)c1. The monoisotopic (exact) mass is 498 g/mol. The number of halogens is 1. The predicted molar refractivity (Wildman–Crippen MR) is 148 cm³/mol. The van der Waals surface area contributed by atoms with Crippen molar-refractivity contribution in [2.75, 3.05) is 0 Å². The van der Waals surface area contributed by atoms with Gasteiger partial charge in [0.25, 0.3) is 0 Å². The zero-order valence-corrected chi connectivity index (χ0v) is 20.3. The minimum Gasteiger partial charge on any atom is -0.436 e. The Morgan fingerprint density at radius 2 is 0.892 bits per heavy atom. The highest BCUT2D eigenvalue weighted by molar-refractivity contribution is 6.31. The fourth-order valence-electron chi connectivity index (χ4n) is 4.54. The van der Waals surface area contributed by atoms with Gasteiger partial charge in [0, 0.05) is 16.1 Å². The molecule has 0 aliphatic carbocycles. The Bertz CT molecular complexity index is 1750. The van der Waals surface area contributed by atoms with Crippen LogP contribution >= 0.6 is 11.6 Å². The van der Waals surface area contributed by atoms with E-state index in [0.717, 1.165) is 55.6 Å². The van der Waals surface area contributed by atoms with Crippen molar-refractivity contribution in [2.24, 2.45) is 0 Å². The Kier molecular flexibility index (Phi) is 5.12. The number of fused-ring (bicyclic) bond motifs is 2. The third-order valence-electron chi connectivity index (χ3n) is 6.38. The van der Waals surface area contributed by atoms with Crippen LogP contribution in [0.1, 0.15) is 0 Å². The van der Waals surface area contributed by atoms with E-state index in [0.29, 0.717) is 16.8 Å². The lowest BCUT2D eigenvalue weighted by molar-refractivity contribution is 0.619. The topological polar surface area (TPSA) is 52.1 Å². The van der Waals surface area contributed by atoms with Crippen molar-refractivity contribution in [2.45, 2.75) is 0 Å². The largest absolute Gasteiger partial charge is 0.436 e. The maximum atomic E-state index is 6.58. The van der Waals surface area contributed by atoms with E-state index >= 15 is 0 Å². The summed E-state index contributed by atoms with van der Waals surface area (Å²) in [6.07, 6.45) is 0. The van der Waals surface area contributed by atoms with Crippen LogP contribution in [0.4, 0.5) is 0 Å². The van der Waals surface area contributed by atoms with Crippen LogP contribution in [0.15, 0.2) is 124 Å². The van der Waals surface area contributed by atoms with Crippen LogP contribution in [-0.4, -0.2) is 9.97 Å². The first-order valence-corrected chi connectivity index (χ1v) is 12.3. The molecule has 4 nitrogen and oxygen atoms in total. The minimum absolute atomic E-state index is 0.606. The highest BCUT2D eigenvalue weighted by Gasteiger charge is 2.13. The maximum absolute atomic E-state index is 6.58. The maximum Gasteiger partial charge on any atom is 0.227 e. The third-order valence-corrected chi connectivity index (χ3v) is 6.60. The summed E-state index contributed by atoms with van der Waals surface area (Å²) in [6, 6.07) is 37.9. The summed E-state index contributed by atoms with van der Waals surface area (Å²) in [5, 5.41) is 0.651. The van der Waals surface area contributed by atoms with Gasteiger partial charge in [-0.05, 0) is 89.0 Å². The number of nitrogens with zero attached hydrogens (tertiary/aromatic N) is 2. The molecule has 2 heterocycles. The number of oxazole rings is 2. The molecule has 0 fully saturated rings. The van der Waals surface area contributed by atoms with Crippen molar-refractivity contribution in [3.63, 3.8) is 0 Å². The predicted octanol–water partition coefficient (Wildman–Crippen LogP) is 9.29. The lowest BCUT2D eigenvalue weighted by Crippen LogP contribution is -1.83. The van der Waals surface area contributed by atoms with E-state index in [4.69, 9.17) is 20.4 Å². The second kappa shape index (κ2) is 8.77. The zero-order valence-electron chi connectivity index (χ0n) is 19.6. The smallest absolute Gasteiger partial charge is 0.227 e. The van der Waals surface area contributed by atoms with Crippen molar-refractivity contribution in [1.82, 2.24) is 9.97 Å². The fourth-order valence-corrected chi connectivity index (χ4v) is 4.77. The summed E-state index contributed by atoms with van der Waals surface area (Å²) in [7, 11) is 0. The van der Waals surface area contributed by atoms with Gasteiger partial charge >= 0.3 is 0 Å². The molecular weight excluding hydrogens is 480 g/mol. The van der Waals surface area contributed by atoms with E-state index in [-0.39, 0.29) is 0 Å². The first-order valence-electron chi connectivity index (χ1n) is 11.9. The van der Waals surface area contributed by atoms with E-state index in [9.17, 15) is 0 Å². The van der Waals surface area contributed by atoms with Gasteiger partial charge in [0.15, 0.2) is 11.2 Å². The molecule has 0 spiro atoms. The highest BCUT2D eigenvalue weighted by atomic mass is 35.5. The molecule has 0 saturated carbocycles. The molecule has 176 valence electrons. The summed E-state index contributed by atoms with van der Waals surface area (Å²) in [6.45, 7) is 0. The van der Waals surface area contributed by atoms with Crippen LogP contribution in [0.5, 0.6) is 0 Å². The number of aromatic nitrogens is 2. The summed E-state index contributed by atoms with van der Waals surface area (Å²) in [5.74, 6) is 1.21. The number of rotatable bonds is 4. The standard InChI is InChI=1S/C32H19ClN2O2/c33-26-16-24(22-11-13-27-29(18-22)36-31(34-27)20-7-3-1-4-8-20)15-25(17-26)23-12-14-28-30(19-23)37-32(35-28)21-9-5-2-6-10-21/h1-19H. The van der Waals surface area contributed by atoms with Crippen molar-refractivity contribution in [3.05, 3.63) is 120 Å².